The lowest BCUT2D eigenvalue weighted by atomic mass is 10.0. The zero-order chi connectivity index (χ0) is 22.5. The van der Waals surface area contributed by atoms with Gasteiger partial charge in [-0.1, -0.05) is 91.0 Å². The molecule has 0 atom stereocenters. The molecular formula is C28H23N3OS. The second-order valence-electron chi connectivity index (χ2n) is 7.63. The minimum Gasteiger partial charge on any atom is -0.488 e. The fraction of sp³-hybridized carbons (Fsp3) is 0.0714. The summed E-state index contributed by atoms with van der Waals surface area (Å²) in [6.07, 6.45) is 1.82. The zero-order valence-corrected chi connectivity index (χ0v) is 19.0. The third-order valence-corrected chi connectivity index (χ3v) is 6.24. The molecule has 5 rings (SSSR count). The SMILES string of the molecule is Cc1sc(N/N=C/c2c(OCc3ccccc3)ccc3ccccc23)nc1-c1ccccc1. The highest BCUT2D eigenvalue weighted by Crippen LogP contribution is 2.31. The molecule has 0 saturated carbocycles. The van der Waals surface area contributed by atoms with Crippen molar-refractivity contribution in [2.24, 2.45) is 5.10 Å². The number of aromatic nitrogens is 1. The lowest BCUT2D eigenvalue weighted by molar-refractivity contribution is 0.306. The van der Waals surface area contributed by atoms with Crippen LogP contribution in [0.3, 0.4) is 0 Å². The highest BCUT2D eigenvalue weighted by molar-refractivity contribution is 7.16. The van der Waals surface area contributed by atoms with Gasteiger partial charge in [-0.25, -0.2) is 4.98 Å². The van der Waals surface area contributed by atoms with E-state index >= 15 is 0 Å². The maximum atomic E-state index is 6.18. The van der Waals surface area contributed by atoms with Crippen LogP contribution in [0.25, 0.3) is 22.0 Å². The molecule has 4 nitrogen and oxygen atoms in total. The molecule has 0 aliphatic carbocycles. The number of aryl methyl sites for hydroxylation is 1. The lowest BCUT2D eigenvalue weighted by Gasteiger charge is -2.12. The molecule has 1 aromatic heterocycles. The minimum atomic E-state index is 0.500. The van der Waals surface area contributed by atoms with E-state index in [1.54, 1.807) is 11.3 Å². The normalized spacial score (nSPS) is 11.2. The van der Waals surface area contributed by atoms with Gasteiger partial charge in [-0.15, -0.1) is 11.3 Å². The topological polar surface area (TPSA) is 46.5 Å². The van der Waals surface area contributed by atoms with Crippen LogP contribution < -0.4 is 10.2 Å². The second-order valence-corrected chi connectivity index (χ2v) is 8.84. The Morgan fingerprint density at radius 1 is 0.879 bits per heavy atom. The van der Waals surface area contributed by atoms with Crippen molar-refractivity contribution < 1.29 is 4.74 Å². The maximum absolute atomic E-state index is 6.18. The molecule has 0 saturated heterocycles. The zero-order valence-electron chi connectivity index (χ0n) is 18.2. The van der Waals surface area contributed by atoms with Crippen molar-refractivity contribution in [1.82, 2.24) is 4.98 Å². The van der Waals surface area contributed by atoms with E-state index in [2.05, 4.69) is 59.9 Å². The van der Waals surface area contributed by atoms with Gasteiger partial charge in [0.25, 0.3) is 0 Å². The van der Waals surface area contributed by atoms with Crippen molar-refractivity contribution in [3.63, 3.8) is 0 Å². The van der Waals surface area contributed by atoms with Crippen LogP contribution in [-0.2, 0) is 6.61 Å². The molecule has 5 heteroatoms. The Balaban J connectivity index is 1.40. The smallest absolute Gasteiger partial charge is 0.204 e. The Morgan fingerprint density at radius 3 is 2.42 bits per heavy atom. The van der Waals surface area contributed by atoms with Gasteiger partial charge in [-0.3, -0.25) is 5.43 Å². The van der Waals surface area contributed by atoms with Crippen molar-refractivity contribution in [1.29, 1.82) is 0 Å². The van der Waals surface area contributed by atoms with E-state index < -0.39 is 0 Å². The molecule has 0 bridgehead atoms. The Kier molecular flexibility index (Phi) is 6.13. The number of hydrogen-bond donors (Lipinski definition) is 1. The van der Waals surface area contributed by atoms with Crippen LogP contribution >= 0.6 is 11.3 Å². The first kappa shape index (κ1) is 20.9. The van der Waals surface area contributed by atoms with Gasteiger partial charge in [0.1, 0.15) is 12.4 Å². The third kappa shape index (κ3) is 4.78. The van der Waals surface area contributed by atoms with Crippen LogP contribution in [0.1, 0.15) is 16.0 Å². The fourth-order valence-corrected chi connectivity index (χ4v) is 4.52. The highest BCUT2D eigenvalue weighted by Gasteiger charge is 2.10. The molecule has 33 heavy (non-hydrogen) atoms. The van der Waals surface area contributed by atoms with Gasteiger partial charge < -0.3 is 4.74 Å². The van der Waals surface area contributed by atoms with E-state index in [1.165, 1.54) is 0 Å². The molecular weight excluding hydrogens is 426 g/mol. The number of ether oxygens (including phenoxy) is 1. The van der Waals surface area contributed by atoms with E-state index in [0.29, 0.717) is 6.61 Å². The number of anilines is 1. The van der Waals surface area contributed by atoms with Gasteiger partial charge in [0.15, 0.2) is 0 Å². The minimum absolute atomic E-state index is 0.500. The van der Waals surface area contributed by atoms with Gasteiger partial charge in [0, 0.05) is 16.0 Å². The Hall–Kier alpha value is -3.96. The van der Waals surface area contributed by atoms with Crippen molar-refractivity contribution in [2.45, 2.75) is 13.5 Å². The number of rotatable bonds is 7. The van der Waals surface area contributed by atoms with Gasteiger partial charge in [0.05, 0.1) is 11.9 Å². The summed E-state index contributed by atoms with van der Waals surface area (Å²) in [5, 5.41) is 7.51. The monoisotopic (exact) mass is 449 g/mol. The maximum Gasteiger partial charge on any atom is 0.204 e. The van der Waals surface area contributed by atoms with Crippen LogP contribution in [0, 0.1) is 6.92 Å². The third-order valence-electron chi connectivity index (χ3n) is 5.37. The Bertz CT molecular complexity index is 1400. The van der Waals surface area contributed by atoms with Crippen LogP contribution in [0.2, 0.25) is 0 Å². The molecule has 0 unspecified atom stereocenters. The average molecular weight is 450 g/mol. The van der Waals surface area contributed by atoms with E-state index in [0.717, 1.165) is 48.9 Å². The summed E-state index contributed by atoms with van der Waals surface area (Å²) in [4.78, 5) is 5.88. The first-order valence-corrected chi connectivity index (χ1v) is 11.6. The number of nitrogens with zero attached hydrogens (tertiary/aromatic N) is 2. The van der Waals surface area contributed by atoms with Crippen molar-refractivity contribution >= 4 is 33.5 Å². The molecule has 0 amide bonds. The number of benzene rings is 4. The van der Waals surface area contributed by atoms with E-state index in [9.17, 15) is 0 Å². The lowest BCUT2D eigenvalue weighted by Crippen LogP contribution is -2.00. The van der Waals surface area contributed by atoms with E-state index in [4.69, 9.17) is 9.72 Å². The molecule has 0 spiro atoms. The predicted octanol–water partition coefficient (Wildman–Crippen LogP) is 7.30. The number of nitrogens with one attached hydrogen (secondary N) is 1. The highest BCUT2D eigenvalue weighted by atomic mass is 32.1. The first-order valence-electron chi connectivity index (χ1n) is 10.8. The predicted molar refractivity (Wildman–Crippen MR) is 138 cm³/mol. The average Bonchev–Trinajstić information content (AvgIpc) is 3.24. The van der Waals surface area contributed by atoms with Gasteiger partial charge in [0.2, 0.25) is 5.13 Å². The molecule has 162 valence electrons. The van der Waals surface area contributed by atoms with Crippen molar-refractivity contribution in [3.05, 3.63) is 113 Å². The number of hydrazone groups is 1. The summed E-state index contributed by atoms with van der Waals surface area (Å²) < 4.78 is 6.18. The number of thiazole rings is 1. The van der Waals surface area contributed by atoms with E-state index in [-0.39, 0.29) is 0 Å². The molecule has 4 aromatic carbocycles. The van der Waals surface area contributed by atoms with Crippen molar-refractivity contribution in [3.8, 4) is 17.0 Å². The van der Waals surface area contributed by atoms with Crippen LogP contribution in [0.5, 0.6) is 5.75 Å². The Morgan fingerprint density at radius 2 is 1.61 bits per heavy atom. The Labute approximate surface area is 197 Å². The summed E-state index contributed by atoms with van der Waals surface area (Å²) in [5.41, 5.74) is 7.26. The molecule has 0 aliphatic rings. The molecule has 0 fully saturated rings. The summed E-state index contributed by atoms with van der Waals surface area (Å²) in [6.45, 7) is 2.58. The summed E-state index contributed by atoms with van der Waals surface area (Å²) >= 11 is 1.59. The standard InChI is InChI=1S/C28H23N3OS/c1-20-27(23-13-6-3-7-14-23)30-28(33-20)31-29-18-25-24-15-9-8-12-22(24)16-17-26(25)32-19-21-10-4-2-5-11-21/h2-18H,19H2,1H3,(H,30,31)/b29-18+. The second kappa shape index (κ2) is 9.67. The number of hydrogen-bond acceptors (Lipinski definition) is 5. The number of fused-ring (bicyclic) bond motifs is 1. The van der Waals surface area contributed by atoms with Gasteiger partial charge in [-0.2, -0.15) is 5.10 Å². The van der Waals surface area contributed by atoms with Gasteiger partial charge in [-0.05, 0) is 29.3 Å². The quantitative estimate of drug-likeness (QED) is 0.209. The molecule has 5 aromatic rings. The summed E-state index contributed by atoms with van der Waals surface area (Å²) in [6, 6.07) is 32.7. The van der Waals surface area contributed by atoms with Crippen LogP contribution in [-0.4, -0.2) is 11.2 Å². The first-order chi connectivity index (χ1) is 16.3. The fourth-order valence-electron chi connectivity index (χ4n) is 3.73. The summed E-state index contributed by atoms with van der Waals surface area (Å²) in [7, 11) is 0. The largest absolute Gasteiger partial charge is 0.488 e. The van der Waals surface area contributed by atoms with Crippen molar-refractivity contribution in [2.75, 3.05) is 5.43 Å². The molecule has 1 heterocycles. The molecule has 0 radical (unpaired) electrons. The van der Waals surface area contributed by atoms with E-state index in [1.807, 2.05) is 60.8 Å². The van der Waals surface area contributed by atoms with Crippen LogP contribution in [0.15, 0.2) is 102 Å². The molecule has 0 aliphatic heterocycles. The molecule has 1 N–H and O–H groups in total. The van der Waals surface area contributed by atoms with Gasteiger partial charge >= 0.3 is 0 Å². The van der Waals surface area contributed by atoms with Crippen LogP contribution in [0.4, 0.5) is 5.13 Å². The summed E-state index contributed by atoms with van der Waals surface area (Å²) in [5.74, 6) is 0.795.